The molecule has 0 aliphatic heterocycles. The number of carbonyl (C=O) groups is 1. The SMILES string of the molecule is CCCCCCCCCCCCC(C#N)(CCCN(C)C(C)c1cccc(OCC(=O)NC(C)O[N+](=O)[O-])c1)c1ccc(OC)c(OC)c1. The molecule has 0 saturated heterocycles. The quantitative estimate of drug-likeness (QED) is 0.0450. The summed E-state index contributed by atoms with van der Waals surface area (Å²) < 4.78 is 16.7. The van der Waals surface area contributed by atoms with E-state index in [-0.39, 0.29) is 12.6 Å². The molecule has 0 heterocycles. The standard InChI is InChI=1S/C38H58N4O7/c1-7-8-9-10-11-12-13-14-15-16-23-38(29-39,33-21-22-35(46-5)36(27-33)47-6)24-18-25-41(4)30(2)32-19-17-20-34(26-32)48-28-37(43)40-31(3)49-42(44)45/h17,19-22,26-27,30-31H,7-16,18,23-25,28H2,1-6H3,(H,40,43). The maximum absolute atomic E-state index is 12.1. The minimum absolute atomic E-state index is 0.0467. The van der Waals surface area contributed by atoms with E-state index < -0.39 is 22.6 Å². The average molecular weight is 683 g/mol. The first-order valence-electron chi connectivity index (χ1n) is 17.8. The molecule has 2 aromatic rings. The van der Waals surface area contributed by atoms with Crippen LogP contribution in [0.15, 0.2) is 42.5 Å². The fourth-order valence-electron chi connectivity index (χ4n) is 6.15. The number of unbranched alkanes of at least 4 members (excludes halogenated alkanes) is 9. The Balaban J connectivity index is 2.01. The highest BCUT2D eigenvalue weighted by molar-refractivity contribution is 5.77. The van der Waals surface area contributed by atoms with Crippen LogP contribution in [0.5, 0.6) is 17.2 Å². The molecule has 11 nitrogen and oxygen atoms in total. The van der Waals surface area contributed by atoms with Gasteiger partial charge in [-0.1, -0.05) is 89.3 Å². The molecular formula is C38H58N4O7. The van der Waals surface area contributed by atoms with E-state index >= 15 is 0 Å². The van der Waals surface area contributed by atoms with Gasteiger partial charge in [-0.05, 0) is 82.1 Å². The summed E-state index contributed by atoms with van der Waals surface area (Å²) in [6, 6.07) is 16.2. The Morgan fingerprint density at radius 3 is 2.18 bits per heavy atom. The van der Waals surface area contributed by atoms with Crippen molar-refractivity contribution in [3.63, 3.8) is 0 Å². The molecule has 3 atom stereocenters. The van der Waals surface area contributed by atoms with Crippen molar-refractivity contribution in [2.45, 2.75) is 122 Å². The van der Waals surface area contributed by atoms with Gasteiger partial charge in [0.2, 0.25) is 0 Å². The number of nitriles is 1. The molecule has 0 radical (unpaired) electrons. The zero-order valence-corrected chi connectivity index (χ0v) is 30.5. The topological polar surface area (TPSA) is 136 Å². The summed E-state index contributed by atoms with van der Waals surface area (Å²) in [5.41, 5.74) is 1.34. The van der Waals surface area contributed by atoms with Crippen LogP contribution in [0.4, 0.5) is 0 Å². The highest BCUT2D eigenvalue weighted by Gasteiger charge is 2.33. The molecule has 0 aromatic heterocycles. The van der Waals surface area contributed by atoms with Crippen molar-refractivity contribution >= 4 is 5.91 Å². The summed E-state index contributed by atoms with van der Waals surface area (Å²) >= 11 is 0. The van der Waals surface area contributed by atoms with Crippen molar-refractivity contribution in [3.8, 4) is 23.3 Å². The molecule has 1 amide bonds. The predicted molar refractivity (Wildman–Crippen MR) is 191 cm³/mol. The largest absolute Gasteiger partial charge is 0.493 e. The molecule has 0 saturated carbocycles. The number of hydrogen-bond acceptors (Lipinski definition) is 9. The molecule has 3 unspecified atom stereocenters. The second-order valence-corrected chi connectivity index (χ2v) is 12.9. The van der Waals surface area contributed by atoms with Crippen molar-refractivity contribution < 1.29 is 28.9 Å². The number of nitrogens with zero attached hydrogens (tertiary/aromatic N) is 3. The van der Waals surface area contributed by atoms with Crippen LogP contribution in [0.1, 0.15) is 121 Å². The van der Waals surface area contributed by atoms with Gasteiger partial charge >= 0.3 is 0 Å². The van der Waals surface area contributed by atoms with Crippen molar-refractivity contribution in [1.82, 2.24) is 10.2 Å². The van der Waals surface area contributed by atoms with Crippen LogP contribution in [0.25, 0.3) is 0 Å². The van der Waals surface area contributed by atoms with E-state index in [4.69, 9.17) is 14.2 Å². The minimum atomic E-state index is -1.08. The molecule has 0 fully saturated rings. The van der Waals surface area contributed by atoms with Crippen LogP contribution in [0, 0.1) is 21.4 Å². The second kappa shape index (κ2) is 22.6. The number of benzene rings is 2. The van der Waals surface area contributed by atoms with E-state index in [2.05, 4.69) is 42.0 Å². The van der Waals surface area contributed by atoms with E-state index in [9.17, 15) is 20.2 Å². The molecule has 272 valence electrons. The van der Waals surface area contributed by atoms with Gasteiger partial charge in [0.15, 0.2) is 24.3 Å². The molecule has 2 rings (SSSR count). The molecule has 0 spiro atoms. The highest BCUT2D eigenvalue weighted by Crippen LogP contribution is 2.39. The number of nitrogens with one attached hydrogen (secondary N) is 1. The maximum atomic E-state index is 12.1. The molecule has 1 N–H and O–H groups in total. The molecule has 11 heteroatoms. The van der Waals surface area contributed by atoms with Gasteiger partial charge in [-0.25, -0.2) is 0 Å². The van der Waals surface area contributed by atoms with E-state index in [1.165, 1.54) is 58.3 Å². The third-order valence-corrected chi connectivity index (χ3v) is 9.20. The summed E-state index contributed by atoms with van der Waals surface area (Å²) in [4.78, 5) is 29.1. The fourth-order valence-corrected chi connectivity index (χ4v) is 6.15. The lowest BCUT2D eigenvalue weighted by atomic mass is 9.74. The monoisotopic (exact) mass is 682 g/mol. The van der Waals surface area contributed by atoms with E-state index in [1.54, 1.807) is 20.3 Å². The Bertz CT molecular complexity index is 1320. The summed E-state index contributed by atoms with van der Waals surface area (Å²) in [5, 5.41) is 22.6. The van der Waals surface area contributed by atoms with Gasteiger partial charge in [-0.2, -0.15) is 5.26 Å². The first-order chi connectivity index (χ1) is 23.6. The Morgan fingerprint density at radius 2 is 1.57 bits per heavy atom. The smallest absolute Gasteiger partial charge is 0.296 e. The molecule has 2 aromatic carbocycles. The lowest BCUT2D eigenvalue weighted by molar-refractivity contribution is -0.768. The van der Waals surface area contributed by atoms with Crippen LogP contribution in [0.2, 0.25) is 0 Å². The second-order valence-electron chi connectivity index (χ2n) is 12.9. The van der Waals surface area contributed by atoms with Gasteiger partial charge in [0.05, 0.1) is 25.7 Å². The number of rotatable bonds is 26. The third kappa shape index (κ3) is 14.5. The van der Waals surface area contributed by atoms with E-state index in [1.807, 2.05) is 36.4 Å². The van der Waals surface area contributed by atoms with Crippen molar-refractivity contribution in [2.24, 2.45) is 0 Å². The Morgan fingerprint density at radius 1 is 0.939 bits per heavy atom. The van der Waals surface area contributed by atoms with Crippen molar-refractivity contribution in [3.05, 3.63) is 63.7 Å². The molecule has 0 aliphatic rings. The lowest BCUT2D eigenvalue weighted by Crippen LogP contribution is -2.38. The normalized spacial score (nSPS) is 13.5. The van der Waals surface area contributed by atoms with Gasteiger partial charge in [-0.15, -0.1) is 10.1 Å². The Labute approximate surface area is 293 Å². The number of carbonyl (C=O) groups excluding carboxylic acids is 1. The molecular weight excluding hydrogens is 624 g/mol. The average Bonchev–Trinajstić information content (AvgIpc) is 3.09. The van der Waals surface area contributed by atoms with E-state index in [0.29, 0.717) is 23.7 Å². The summed E-state index contributed by atoms with van der Waals surface area (Å²) in [7, 11) is 5.31. The van der Waals surface area contributed by atoms with Gasteiger partial charge in [-0.3, -0.25) is 14.5 Å². The van der Waals surface area contributed by atoms with E-state index in [0.717, 1.165) is 43.4 Å². The number of methoxy groups -OCH3 is 2. The zero-order valence-electron chi connectivity index (χ0n) is 30.5. The van der Waals surface area contributed by atoms with Crippen molar-refractivity contribution in [2.75, 3.05) is 34.4 Å². The summed E-state index contributed by atoms with van der Waals surface area (Å²) in [5.74, 6) is 1.27. The zero-order chi connectivity index (χ0) is 36.1. The van der Waals surface area contributed by atoms with Gasteiger partial charge < -0.3 is 19.5 Å². The first-order valence-corrected chi connectivity index (χ1v) is 17.8. The maximum Gasteiger partial charge on any atom is 0.296 e. The number of hydrogen-bond donors (Lipinski definition) is 1. The summed E-state index contributed by atoms with van der Waals surface area (Å²) in [6.45, 7) is 6.20. The third-order valence-electron chi connectivity index (χ3n) is 9.20. The highest BCUT2D eigenvalue weighted by atomic mass is 17.0. The Kier molecular flexibility index (Phi) is 18.9. The minimum Gasteiger partial charge on any atom is -0.493 e. The fraction of sp³-hybridized carbons (Fsp3) is 0.632. The van der Waals surface area contributed by atoms with Crippen molar-refractivity contribution in [1.29, 1.82) is 5.26 Å². The lowest BCUT2D eigenvalue weighted by Gasteiger charge is -2.30. The van der Waals surface area contributed by atoms with Crippen LogP contribution in [-0.2, 0) is 15.0 Å². The van der Waals surface area contributed by atoms with Crippen LogP contribution in [0.3, 0.4) is 0 Å². The first kappa shape index (κ1) is 41.1. The van der Waals surface area contributed by atoms with Crippen LogP contribution in [-0.4, -0.2) is 56.5 Å². The van der Waals surface area contributed by atoms with Gasteiger partial charge in [0.25, 0.3) is 11.0 Å². The van der Waals surface area contributed by atoms with Crippen LogP contribution < -0.4 is 19.5 Å². The number of ether oxygens (including phenoxy) is 3. The molecule has 0 bridgehead atoms. The van der Waals surface area contributed by atoms with Gasteiger partial charge in [0.1, 0.15) is 5.75 Å². The molecule has 49 heavy (non-hydrogen) atoms. The molecule has 0 aliphatic carbocycles. The van der Waals surface area contributed by atoms with Gasteiger partial charge in [0, 0.05) is 6.04 Å². The van der Waals surface area contributed by atoms with Crippen LogP contribution >= 0.6 is 0 Å². The summed E-state index contributed by atoms with van der Waals surface area (Å²) in [6.07, 6.45) is 13.7. The number of amides is 1. The predicted octanol–water partition coefficient (Wildman–Crippen LogP) is 8.30. The Hall–Kier alpha value is -4.04.